The fourth-order valence-electron chi connectivity index (χ4n) is 2.05. The average Bonchev–Trinajstić information content (AvgIpc) is 2.58. The normalized spacial score (nSPS) is 10.9. The lowest BCUT2D eigenvalue weighted by molar-refractivity contribution is -0.131. The van der Waals surface area contributed by atoms with E-state index in [1.165, 1.54) is 6.08 Å². The van der Waals surface area contributed by atoms with Gasteiger partial charge in [0.05, 0.1) is 11.1 Å². The Morgan fingerprint density at radius 2 is 1.96 bits per heavy atom. The van der Waals surface area contributed by atoms with Crippen LogP contribution in [0.25, 0.3) is 6.08 Å². The second-order valence-electron chi connectivity index (χ2n) is 4.91. The van der Waals surface area contributed by atoms with Crippen LogP contribution in [0, 0.1) is 0 Å². The van der Waals surface area contributed by atoms with Crippen molar-refractivity contribution >= 4 is 55.5 Å². The van der Waals surface area contributed by atoms with Gasteiger partial charge in [0, 0.05) is 21.1 Å². The molecule has 0 aliphatic rings. The lowest BCUT2D eigenvalue weighted by atomic mass is 10.2. The van der Waals surface area contributed by atoms with Gasteiger partial charge >= 0.3 is 5.97 Å². The van der Waals surface area contributed by atoms with E-state index in [9.17, 15) is 4.79 Å². The smallest absolute Gasteiger partial charge is 0.328 e. The summed E-state index contributed by atoms with van der Waals surface area (Å²) in [6.45, 7) is 2.58. The van der Waals surface area contributed by atoms with Crippen molar-refractivity contribution < 1.29 is 19.4 Å². The number of hydrogen-bond acceptors (Lipinski definition) is 3. The lowest BCUT2D eigenvalue weighted by Gasteiger charge is -2.17. The van der Waals surface area contributed by atoms with Gasteiger partial charge in [-0.2, -0.15) is 0 Å². The number of carbonyl (C=O) groups is 1. The van der Waals surface area contributed by atoms with Crippen LogP contribution in [0.4, 0.5) is 0 Å². The largest absolute Gasteiger partial charge is 0.490 e. The van der Waals surface area contributed by atoms with E-state index in [1.807, 2.05) is 25.1 Å². The highest BCUT2D eigenvalue weighted by atomic mass is 79.9. The minimum Gasteiger partial charge on any atom is -0.490 e. The second-order valence-corrected chi connectivity index (χ2v) is 6.90. The van der Waals surface area contributed by atoms with Crippen LogP contribution in [0.5, 0.6) is 11.5 Å². The molecule has 0 radical (unpaired) electrons. The molecule has 2 aromatic rings. The Bertz CT molecular complexity index is 806. The Morgan fingerprint density at radius 3 is 2.60 bits per heavy atom. The molecule has 0 amide bonds. The zero-order valence-electron chi connectivity index (χ0n) is 13.3. The highest BCUT2D eigenvalue weighted by molar-refractivity contribution is 9.13. The van der Waals surface area contributed by atoms with Crippen molar-refractivity contribution in [2.24, 2.45) is 0 Å². The van der Waals surface area contributed by atoms with Crippen molar-refractivity contribution in [3.63, 3.8) is 0 Å². The molecule has 0 saturated carbocycles. The van der Waals surface area contributed by atoms with E-state index in [2.05, 4.69) is 31.9 Å². The molecular weight excluding hydrogens is 475 g/mol. The Labute approximate surface area is 167 Å². The summed E-state index contributed by atoms with van der Waals surface area (Å²) in [5, 5.41) is 9.44. The van der Waals surface area contributed by atoms with Crippen molar-refractivity contribution in [3.8, 4) is 11.5 Å². The third-order valence-electron chi connectivity index (χ3n) is 3.19. The Kier molecular flexibility index (Phi) is 7.35. The molecule has 4 nitrogen and oxygen atoms in total. The summed E-state index contributed by atoms with van der Waals surface area (Å²) in [5.41, 5.74) is 1.51. The van der Waals surface area contributed by atoms with Crippen LogP contribution in [0.2, 0.25) is 5.02 Å². The van der Waals surface area contributed by atoms with Crippen LogP contribution in [0.1, 0.15) is 18.1 Å². The molecule has 1 N–H and O–H groups in total. The highest BCUT2D eigenvalue weighted by Crippen LogP contribution is 2.43. The summed E-state index contributed by atoms with van der Waals surface area (Å²) in [5.74, 6) is -0.00387. The molecule has 0 aliphatic heterocycles. The summed E-state index contributed by atoms with van der Waals surface area (Å²) < 4.78 is 12.9. The SMILES string of the molecule is CCOc1cc(C=CC(=O)O)c(Br)c(Br)c1OCc1ccccc1Cl. The number of hydrogen-bond donors (Lipinski definition) is 1. The molecule has 0 unspecified atom stereocenters. The maximum absolute atomic E-state index is 10.8. The predicted octanol–water partition coefficient (Wildman–Crippen LogP) is 5.94. The number of carboxylic acids is 1. The first-order valence-electron chi connectivity index (χ1n) is 7.36. The summed E-state index contributed by atoms with van der Waals surface area (Å²) >= 11 is 13.1. The third kappa shape index (κ3) is 5.23. The molecular formula is C18H15Br2ClO4. The van der Waals surface area contributed by atoms with E-state index in [1.54, 1.807) is 12.1 Å². The van der Waals surface area contributed by atoms with E-state index in [0.29, 0.717) is 37.6 Å². The first kappa shape index (κ1) is 19.8. The predicted molar refractivity (Wildman–Crippen MR) is 105 cm³/mol. The van der Waals surface area contributed by atoms with Gasteiger partial charge in [-0.05, 0) is 62.6 Å². The molecule has 0 fully saturated rings. The van der Waals surface area contributed by atoms with Crippen LogP contribution in [-0.2, 0) is 11.4 Å². The molecule has 0 aromatic heterocycles. The van der Waals surface area contributed by atoms with Gasteiger partial charge in [0.15, 0.2) is 11.5 Å². The van der Waals surface area contributed by atoms with Gasteiger partial charge in [-0.3, -0.25) is 0 Å². The van der Waals surface area contributed by atoms with Gasteiger partial charge in [0.25, 0.3) is 0 Å². The van der Waals surface area contributed by atoms with Crippen LogP contribution >= 0.6 is 43.5 Å². The number of benzene rings is 2. The number of halogens is 3. The molecule has 25 heavy (non-hydrogen) atoms. The number of rotatable bonds is 7. The molecule has 7 heteroatoms. The van der Waals surface area contributed by atoms with E-state index in [0.717, 1.165) is 11.6 Å². The summed E-state index contributed by atoms with van der Waals surface area (Å²) in [7, 11) is 0. The van der Waals surface area contributed by atoms with Gasteiger partial charge in [0.2, 0.25) is 0 Å². The number of ether oxygens (including phenoxy) is 2. The van der Waals surface area contributed by atoms with Crippen LogP contribution in [0.15, 0.2) is 45.4 Å². The standard InChI is InChI=1S/C18H15Br2ClO4/c1-2-24-14-9-11(7-8-15(22)23)16(19)17(20)18(14)25-10-12-5-3-4-6-13(12)21/h3-9H,2,10H2,1H3,(H,22,23). The molecule has 132 valence electrons. The van der Waals surface area contributed by atoms with Crippen LogP contribution in [0.3, 0.4) is 0 Å². The Morgan fingerprint density at radius 1 is 1.24 bits per heavy atom. The van der Waals surface area contributed by atoms with Crippen LogP contribution < -0.4 is 9.47 Å². The van der Waals surface area contributed by atoms with Crippen molar-refractivity contribution in [1.29, 1.82) is 0 Å². The summed E-state index contributed by atoms with van der Waals surface area (Å²) in [6.07, 6.45) is 2.55. The van der Waals surface area contributed by atoms with Gasteiger partial charge in [0.1, 0.15) is 6.61 Å². The van der Waals surface area contributed by atoms with E-state index >= 15 is 0 Å². The Hall–Kier alpha value is -1.50. The van der Waals surface area contributed by atoms with Crippen molar-refractivity contribution in [2.75, 3.05) is 6.61 Å². The minimum atomic E-state index is -1.03. The monoisotopic (exact) mass is 488 g/mol. The number of aliphatic carboxylic acids is 1. The third-order valence-corrected chi connectivity index (χ3v) is 5.70. The van der Waals surface area contributed by atoms with E-state index in [4.69, 9.17) is 26.2 Å². The fourth-order valence-corrected chi connectivity index (χ4v) is 3.21. The highest BCUT2D eigenvalue weighted by Gasteiger charge is 2.17. The van der Waals surface area contributed by atoms with Gasteiger partial charge < -0.3 is 14.6 Å². The van der Waals surface area contributed by atoms with Crippen molar-refractivity contribution in [1.82, 2.24) is 0 Å². The molecule has 0 atom stereocenters. The van der Waals surface area contributed by atoms with Crippen LogP contribution in [-0.4, -0.2) is 17.7 Å². The molecule has 0 heterocycles. The maximum atomic E-state index is 10.8. The molecule has 0 spiro atoms. The fraction of sp³-hybridized carbons (Fsp3) is 0.167. The van der Waals surface area contributed by atoms with Gasteiger partial charge in [-0.1, -0.05) is 29.8 Å². The molecule has 2 rings (SSSR count). The van der Waals surface area contributed by atoms with Crippen molar-refractivity contribution in [3.05, 3.63) is 61.5 Å². The average molecular weight is 491 g/mol. The lowest BCUT2D eigenvalue weighted by Crippen LogP contribution is -2.02. The first-order chi connectivity index (χ1) is 11.9. The topological polar surface area (TPSA) is 55.8 Å². The van der Waals surface area contributed by atoms with Gasteiger partial charge in [-0.25, -0.2) is 4.79 Å². The Balaban J connectivity index is 2.37. The summed E-state index contributed by atoms with van der Waals surface area (Å²) in [6, 6.07) is 9.15. The quantitative estimate of drug-likeness (QED) is 0.488. The maximum Gasteiger partial charge on any atom is 0.328 e. The molecule has 0 aliphatic carbocycles. The van der Waals surface area contributed by atoms with E-state index < -0.39 is 5.97 Å². The van der Waals surface area contributed by atoms with Crippen molar-refractivity contribution in [2.45, 2.75) is 13.5 Å². The molecule has 0 bridgehead atoms. The molecule has 2 aromatic carbocycles. The summed E-state index contributed by atoms with van der Waals surface area (Å²) in [4.78, 5) is 10.8. The van der Waals surface area contributed by atoms with Gasteiger partial charge in [-0.15, -0.1) is 0 Å². The molecule has 0 saturated heterocycles. The zero-order chi connectivity index (χ0) is 18.4. The van der Waals surface area contributed by atoms with E-state index in [-0.39, 0.29) is 6.61 Å². The minimum absolute atomic E-state index is 0.273. The second kappa shape index (κ2) is 9.27. The first-order valence-corrected chi connectivity index (χ1v) is 9.32. The number of carboxylic acid groups (broad SMARTS) is 1. The zero-order valence-corrected chi connectivity index (χ0v) is 17.2.